The van der Waals surface area contributed by atoms with Crippen LogP contribution in [-0.4, -0.2) is 25.1 Å². The first kappa shape index (κ1) is 13.1. The molecule has 4 heteroatoms. The van der Waals surface area contributed by atoms with Gasteiger partial charge in [-0.3, -0.25) is 9.63 Å². The highest BCUT2D eigenvalue weighted by molar-refractivity contribution is 6.19. The molecule has 0 saturated carbocycles. The number of allylic oxidation sites excluding steroid dienone is 2. The standard InChI is InChI=1S/C15H15NO3/c1-11(15(17)16(2)18-3)12-8-6-9-14-13(12)7-4-5-10-19-14/h4-10H,1H2,2-3H3. The van der Waals surface area contributed by atoms with Gasteiger partial charge in [0.1, 0.15) is 5.75 Å². The van der Waals surface area contributed by atoms with Crippen molar-refractivity contribution in [2.45, 2.75) is 0 Å². The zero-order valence-corrected chi connectivity index (χ0v) is 10.9. The van der Waals surface area contributed by atoms with Gasteiger partial charge in [-0.05, 0) is 17.7 Å². The van der Waals surface area contributed by atoms with Crippen molar-refractivity contribution in [2.24, 2.45) is 0 Å². The van der Waals surface area contributed by atoms with Gasteiger partial charge >= 0.3 is 0 Å². The maximum atomic E-state index is 12.1. The Kier molecular flexibility index (Phi) is 3.82. The van der Waals surface area contributed by atoms with Gasteiger partial charge in [0.05, 0.1) is 13.4 Å². The van der Waals surface area contributed by atoms with Crippen molar-refractivity contribution in [3.8, 4) is 5.75 Å². The summed E-state index contributed by atoms with van der Waals surface area (Å²) in [6.07, 6.45) is 7.13. The van der Waals surface area contributed by atoms with Crippen LogP contribution in [0.4, 0.5) is 0 Å². The molecule has 0 N–H and O–H groups in total. The van der Waals surface area contributed by atoms with Crippen molar-refractivity contribution in [1.82, 2.24) is 5.06 Å². The fraction of sp³-hybridized carbons (Fsp3) is 0.133. The molecule has 4 nitrogen and oxygen atoms in total. The maximum absolute atomic E-state index is 12.1. The smallest absolute Gasteiger partial charge is 0.277 e. The summed E-state index contributed by atoms with van der Waals surface area (Å²) in [5.74, 6) is 0.401. The summed E-state index contributed by atoms with van der Waals surface area (Å²) in [5, 5.41) is 1.14. The Morgan fingerprint density at radius 1 is 1.37 bits per heavy atom. The second-order valence-corrected chi connectivity index (χ2v) is 3.99. The summed E-state index contributed by atoms with van der Waals surface area (Å²) in [7, 11) is 2.98. The highest BCUT2D eigenvalue weighted by atomic mass is 16.7. The fourth-order valence-corrected chi connectivity index (χ4v) is 1.78. The summed E-state index contributed by atoms with van der Waals surface area (Å²) in [4.78, 5) is 17.0. The first-order chi connectivity index (χ1) is 9.15. The molecule has 2 rings (SSSR count). The molecule has 0 aromatic heterocycles. The van der Waals surface area contributed by atoms with Crippen LogP contribution in [0.1, 0.15) is 11.1 Å². The molecule has 1 aliphatic heterocycles. The third-order valence-corrected chi connectivity index (χ3v) is 2.86. The number of rotatable bonds is 3. The molecule has 0 aliphatic carbocycles. The first-order valence-corrected chi connectivity index (χ1v) is 5.79. The van der Waals surface area contributed by atoms with E-state index in [1.54, 1.807) is 19.4 Å². The predicted molar refractivity (Wildman–Crippen MR) is 74.1 cm³/mol. The van der Waals surface area contributed by atoms with E-state index in [4.69, 9.17) is 9.57 Å². The molecule has 0 bridgehead atoms. The number of carbonyl (C=O) groups excluding carboxylic acids is 1. The van der Waals surface area contributed by atoms with Gasteiger partial charge in [-0.1, -0.05) is 30.9 Å². The van der Waals surface area contributed by atoms with Crippen molar-refractivity contribution >= 4 is 17.6 Å². The number of nitrogens with zero attached hydrogens (tertiary/aromatic N) is 1. The number of hydrogen-bond acceptors (Lipinski definition) is 3. The van der Waals surface area contributed by atoms with E-state index in [1.807, 2.05) is 30.4 Å². The lowest BCUT2D eigenvalue weighted by atomic mass is 9.99. The molecular weight excluding hydrogens is 242 g/mol. The zero-order valence-electron chi connectivity index (χ0n) is 10.9. The van der Waals surface area contributed by atoms with Crippen molar-refractivity contribution in [2.75, 3.05) is 14.2 Å². The minimum absolute atomic E-state index is 0.290. The number of likely N-dealkylation sites (N-methyl/N-ethyl adjacent to an activating group) is 1. The van der Waals surface area contributed by atoms with Gasteiger partial charge in [-0.15, -0.1) is 0 Å². The third kappa shape index (κ3) is 2.58. The molecule has 19 heavy (non-hydrogen) atoms. The number of fused-ring (bicyclic) bond motifs is 1. The van der Waals surface area contributed by atoms with E-state index in [0.717, 1.165) is 16.2 Å². The van der Waals surface area contributed by atoms with E-state index in [2.05, 4.69) is 6.58 Å². The lowest BCUT2D eigenvalue weighted by molar-refractivity contribution is -0.161. The zero-order chi connectivity index (χ0) is 13.8. The molecule has 1 aromatic carbocycles. The maximum Gasteiger partial charge on any atom is 0.277 e. The fourth-order valence-electron chi connectivity index (χ4n) is 1.78. The van der Waals surface area contributed by atoms with Crippen LogP contribution in [0.3, 0.4) is 0 Å². The summed E-state index contributed by atoms with van der Waals surface area (Å²) < 4.78 is 5.47. The van der Waals surface area contributed by atoms with Gasteiger partial charge in [0, 0.05) is 18.2 Å². The monoisotopic (exact) mass is 257 g/mol. The molecule has 0 fully saturated rings. The van der Waals surface area contributed by atoms with Gasteiger partial charge in [0.25, 0.3) is 5.91 Å². The van der Waals surface area contributed by atoms with Gasteiger partial charge in [-0.2, -0.15) is 0 Å². The quantitative estimate of drug-likeness (QED) is 0.617. The number of carbonyl (C=O) groups is 1. The minimum atomic E-state index is -0.290. The van der Waals surface area contributed by atoms with Crippen LogP contribution in [0.15, 0.2) is 43.2 Å². The van der Waals surface area contributed by atoms with Crippen LogP contribution in [0.2, 0.25) is 0 Å². The number of hydrogen-bond donors (Lipinski definition) is 0. The molecule has 98 valence electrons. The molecule has 0 radical (unpaired) electrons. The van der Waals surface area contributed by atoms with Crippen LogP contribution >= 0.6 is 0 Å². The molecule has 0 atom stereocenters. The summed E-state index contributed by atoms with van der Waals surface area (Å²) in [6.45, 7) is 3.85. The first-order valence-electron chi connectivity index (χ1n) is 5.79. The SMILES string of the molecule is C=C(C(=O)N(C)OC)c1cccc2c1C=CC=CO2. The average Bonchev–Trinajstić information content (AvgIpc) is 2.69. The van der Waals surface area contributed by atoms with Crippen molar-refractivity contribution in [3.05, 3.63) is 54.3 Å². The van der Waals surface area contributed by atoms with Crippen molar-refractivity contribution < 1.29 is 14.4 Å². The second-order valence-electron chi connectivity index (χ2n) is 3.99. The topological polar surface area (TPSA) is 38.8 Å². The van der Waals surface area contributed by atoms with Gasteiger partial charge in [0.15, 0.2) is 0 Å². The summed E-state index contributed by atoms with van der Waals surface area (Å²) in [6, 6.07) is 5.50. The molecule has 1 amide bonds. The summed E-state index contributed by atoms with van der Waals surface area (Å²) in [5.41, 5.74) is 1.91. The summed E-state index contributed by atoms with van der Waals surface area (Å²) >= 11 is 0. The Balaban J connectivity index is 2.42. The number of ether oxygens (including phenoxy) is 1. The van der Waals surface area contributed by atoms with E-state index in [9.17, 15) is 4.79 Å². The highest BCUT2D eigenvalue weighted by Gasteiger charge is 2.18. The lowest BCUT2D eigenvalue weighted by Crippen LogP contribution is -2.26. The third-order valence-electron chi connectivity index (χ3n) is 2.86. The Hall–Kier alpha value is -2.33. The van der Waals surface area contributed by atoms with Gasteiger partial charge < -0.3 is 4.74 Å². The molecule has 1 heterocycles. The second kappa shape index (κ2) is 5.54. The molecule has 1 aromatic rings. The lowest BCUT2D eigenvalue weighted by Gasteiger charge is -2.17. The van der Waals surface area contributed by atoms with Crippen LogP contribution in [0, 0.1) is 0 Å². The van der Waals surface area contributed by atoms with E-state index in [-0.39, 0.29) is 5.91 Å². The Labute approximate surface area is 112 Å². The number of hydroxylamine groups is 2. The Morgan fingerprint density at radius 3 is 2.89 bits per heavy atom. The van der Waals surface area contributed by atoms with Crippen molar-refractivity contribution in [1.29, 1.82) is 0 Å². The van der Waals surface area contributed by atoms with E-state index in [0.29, 0.717) is 11.3 Å². The van der Waals surface area contributed by atoms with E-state index >= 15 is 0 Å². The Morgan fingerprint density at radius 2 is 2.16 bits per heavy atom. The molecule has 0 saturated heterocycles. The predicted octanol–water partition coefficient (Wildman–Crippen LogP) is 2.64. The molecule has 1 aliphatic rings. The number of benzene rings is 1. The number of amides is 1. The minimum Gasteiger partial charge on any atom is -0.464 e. The Bertz CT molecular complexity index is 573. The van der Waals surface area contributed by atoms with Crippen LogP contribution in [0.25, 0.3) is 11.6 Å². The highest BCUT2D eigenvalue weighted by Crippen LogP contribution is 2.30. The van der Waals surface area contributed by atoms with Crippen molar-refractivity contribution in [3.63, 3.8) is 0 Å². The largest absolute Gasteiger partial charge is 0.464 e. The van der Waals surface area contributed by atoms with Crippen LogP contribution < -0.4 is 4.74 Å². The van der Waals surface area contributed by atoms with Gasteiger partial charge in [-0.25, -0.2) is 5.06 Å². The van der Waals surface area contributed by atoms with Gasteiger partial charge in [0.2, 0.25) is 0 Å². The van der Waals surface area contributed by atoms with Crippen LogP contribution in [0.5, 0.6) is 5.75 Å². The average molecular weight is 257 g/mol. The van der Waals surface area contributed by atoms with E-state index in [1.165, 1.54) is 7.11 Å². The normalized spacial score (nSPS) is 12.3. The van der Waals surface area contributed by atoms with Crippen LogP contribution in [-0.2, 0) is 9.63 Å². The molecule has 0 unspecified atom stereocenters. The molecular formula is C15H15NO3. The van der Waals surface area contributed by atoms with E-state index < -0.39 is 0 Å². The molecule has 0 spiro atoms.